The third-order valence-corrected chi connectivity index (χ3v) is 7.74. The number of ether oxygens (including phenoxy) is 1. The molecule has 1 saturated heterocycles. The van der Waals surface area contributed by atoms with Crippen LogP contribution in [0.15, 0.2) is 54.7 Å². The Morgan fingerprint density at radius 2 is 2.00 bits per heavy atom. The highest BCUT2D eigenvalue weighted by Crippen LogP contribution is 2.42. The minimum absolute atomic E-state index is 0.109. The van der Waals surface area contributed by atoms with Crippen molar-refractivity contribution >= 4 is 28.4 Å². The number of aromatic nitrogens is 1. The van der Waals surface area contributed by atoms with Crippen molar-refractivity contribution in [3.05, 3.63) is 70.9 Å². The van der Waals surface area contributed by atoms with E-state index < -0.39 is 17.5 Å². The summed E-state index contributed by atoms with van der Waals surface area (Å²) in [6.07, 6.45) is 3.66. The maximum atomic E-state index is 15.7. The number of amides is 1. The van der Waals surface area contributed by atoms with E-state index in [0.29, 0.717) is 41.5 Å². The molecule has 192 valence electrons. The quantitative estimate of drug-likeness (QED) is 0.260. The zero-order valence-corrected chi connectivity index (χ0v) is 21.3. The predicted octanol–water partition coefficient (Wildman–Crippen LogP) is 5.91. The number of aryl methyl sites for hydroxylation is 1. The van der Waals surface area contributed by atoms with Gasteiger partial charge in [0, 0.05) is 17.1 Å². The number of nitrogens with zero attached hydrogens (tertiary/aromatic N) is 2. The minimum atomic E-state index is -1.39. The summed E-state index contributed by atoms with van der Waals surface area (Å²) in [5.41, 5.74) is 3.33. The maximum Gasteiger partial charge on any atom is 0.249 e. The first-order chi connectivity index (χ1) is 17.5. The number of carbonyl (C=O) groups is 1. The summed E-state index contributed by atoms with van der Waals surface area (Å²) in [6.45, 7) is 2.41. The number of hydrogen-bond donors (Lipinski definition) is 2. The van der Waals surface area contributed by atoms with E-state index in [-0.39, 0.29) is 11.4 Å². The number of hydrogen-bond acceptors (Lipinski definition) is 5. The molecule has 0 radical (unpaired) electrons. The zero-order chi connectivity index (χ0) is 25.5. The van der Waals surface area contributed by atoms with Gasteiger partial charge in [-0.1, -0.05) is 41.9 Å². The number of piperidine rings is 1. The first-order valence-electron chi connectivity index (χ1n) is 12.4. The van der Waals surface area contributed by atoms with Crippen LogP contribution in [0.25, 0.3) is 10.9 Å². The maximum absolute atomic E-state index is 15.7. The Labute approximate surface area is 216 Å². The van der Waals surface area contributed by atoms with E-state index >= 15 is 4.39 Å². The Morgan fingerprint density at radius 1 is 1.25 bits per heavy atom. The largest absolute Gasteiger partial charge is 0.497 e. The monoisotopic (exact) mass is 513 g/mol. The Kier molecular flexibility index (Phi) is 8.77. The molecule has 8 heteroatoms. The van der Waals surface area contributed by atoms with Crippen molar-refractivity contribution in [3.63, 3.8) is 0 Å². The van der Waals surface area contributed by atoms with Crippen molar-refractivity contribution < 1.29 is 19.1 Å². The van der Waals surface area contributed by atoms with E-state index in [4.69, 9.17) is 16.3 Å². The average molecular weight is 514 g/mol. The smallest absolute Gasteiger partial charge is 0.249 e. The predicted molar refractivity (Wildman–Crippen MR) is 139 cm³/mol. The Bertz CT molecular complexity index is 1170. The van der Waals surface area contributed by atoms with Crippen LogP contribution in [0.5, 0.6) is 5.75 Å². The van der Waals surface area contributed by atoms with E-state index in [9.17, 15) is 10.0 Å². The lowest BCUT2D eigenvalue weighted by atomic mass is 9.73. The third-order valence-electron chi connectivity index (χ3n) is 7.44. The molecule has 0 spiro atoms. The van der Waals surface area contributed by atoms with Gasteiger partial charge in [0.25, 0.3) is 0 Å². The van der Waals surface area contributed by atoms with Crippen LogP contribution in [-0.4, -0.2) is 47.7 Å². The standard InChI is InChI=1S/C28H33ClFN3O3/c1-36-21-9-10-25-22(18-21)26(23(29)19-31-25)24(30)11-12-28(27(34)32-35)13-16-33(17-14-28)15-5-8-20-6-3-2-4-7-20/h2-4,6-7,9-10,18-19,24,35H,5,8,11-17H2,1H3,(H,32,34)/t24-/m1/s1. The number of likely N-dealkylation sites (tertiary alicyclic amines) is 1. The SMILES string of the molecule is COc1ccc2ncc(Cl)c([C@H](F)CCC3(C(=O)NO)CCN(CCCc4ccccc4)CC3)c2c1. The first kappa shape index (κ1) is 26.3. The van der Waals surface area contributed by atoms with Gasteiger partial charge in [-0.15, -0.1) is 0 Å². The van der Waals surface area contributed by atoms with Crippen molar-refractivity contribution in [2.75, 3.05) is 26.7 Å². The van der Waals surface area contributed by atoms with Gasteiger partial charge in [-0.25, -0.2) is 9.87 Å². The number of alkyl halides is 1. The molecule has 1 atom stereocenters. The highest BCUT2D eigenvalue weighted by atomic mass is 35.5. The second-order valence-electron chi connectivity index (χ2n) is 9.56. The van der Waals surface area contributed by atoms with E-state index in [0.717, 1.165) is 32.5 Å². The van der Waals surface area contributed by atoms with Crippen molar-refractivity contribution in [1.29, 1.82) is 0 Å². The van der Waals surface area contributed by atoms with Gasteiger partial charge in [0.2, 0.25) is 5.91 Å². The van der Waals surface area contributed by atoms with Crippen LogP contribution in [0, 0.1) is 5.41 Å². The van der Waals surface area contributed by atoms with Gasteiger partial charge >= 0.3 is 0 Å². The van der Waals surface area contributed by atoms with Crippen LogP contribution in [0.3, 0.4) is 0 Å². The molecule has 2 N–H and O–H groups in total. The van der Waals surface area contributed by atoms with Crippen molar-refractivity contribution in [2.24, 2.45) is 5.41 Å². The van der Waals surface area contributed by atoms with Crippen LogP contribution < -0.4 is 10.2 Å². The molecule has 0 aliphatic carbocycles. The normalized spacial score (nSPS) is 16.6. The van der Waals surface area contributed by atoms with Crippen LogP contribution >= 0.6 is 11.6 Å². The summed E-state index contributed by atoms with van der Waals surface area (Å²) >= 11 is 6.38. The highest BCUT2D eigenvalue weighted by Gasteiger charge is 2.41. The van der Waals surface area contributed by atoms with E-state index in [1.807, 2.05) is 11.5 Å². The van der Waals surface area contributed by atoms with Gasteiger partial charge in [0.15, 0.2) is 0 Å². The van der Waals surface area contributed by atoms with Crippen molar-refractivity contribution in [1.82, 2.24) is 15.4 Å². The molecule has 1 fully saturated rings. The summed E-state index contributed by atoms with van der Waals surface area (Å²) < 4.78 is 21.0. The molecular weight excluding hydrogens is 481 g/mol. The molecule has 0 unspecified atom stereocenters. The first-order valence-corrected chi connectivity index (χ1v) is 12.8. The molecule has 1 aromatic heterocycles. The molecule has 6 nitrogen and oxygen atoms in total. The number of rotatable bonds is 10. The molecular formula is C28H33ClFN3O3. The lowest BCUT2D eigenvalue weighted by Crippen LogP contribution is -2.48. The summed E-state index contributed by atoms with van der Waals surface area (Å²) in [7, 11) is 1.55. The molecule has 2 aromatic carbocycles. The minimum Gasteiger partial charge on any atom is -0.497 e. The molecule has 4 rings (SSSR count). The zero-order valence-electron chi connectivity index (χ0n) is 20.6. The summed E-state index contributed by atoms with van der Waals surface area (Å²) in [6, 6.07) is 15.7. The number of halogens is 2. The van der Waals surface area contributed by atoms with E-state index in [1.54, 1.807) is 25.3 Å². The fraction of sp³-hybridized carbons (Fsp3) is 0.429. The third kappa shape index (κ3) is 5.97. The summed E-state index contributed by atoms with van der Waals surface area (Å²) in [4.78, 5) is 19.4. The number of carbonyl (C=O) groups excluding carboxylic acids is 1. The molecule has 1 aliphatic heterocycles. The summed E-state index contributed by atoms with van der Waals surface area (Å²) in [5.74, 6) is 0.154. The van der Waals surface area contributed by atoms with Crippen LogP contribution in [0.1, 0.15) is 49.4 Å². The molecule has 1 amide bonds. The van der Waals surface area contributed by atoms with E-state index in [2.05, 4.69) is 34.1 Å². The van der Waals surface area contributed by atoms with E-state index in [1.165, 1.54) is 11.8 Å². The van der Waals surface area contributed by atoms with Crippen molar-refractivity contribution in [3.8, 4) is 5.75 Å². The number of fused-ring (bicyclic) bond motifs is 1. The van der Waals surface area contributed by atoms with Gasteiger partial charge in [-0.05, 0) is 81.9 Å². The molecule has 0 saturated carbocycles. The molecule has 3 aromatic rings. The molecule has 0 bridgehead atoms. The fourth-order valence-electron chi connectivity index (χ4n) is 5.23. The van der Waals surface area contributed by atoms with Gasteiger partial charge in [0.05, 0.1) is 23.1 Å². The Morgan fingerprint density at radius 3 is 2.69 bits per heavy atom. The number of methoxy groups -OCH3 is 1. The van der Waals surface area contributed by atoms with Crippen LogP contribution in [0.4, 0.5) is 4.39 Å². The number of pyridine rings is 1. The lowest BCUT2D eigenvalue weighted by molar-refractivity contribution is -0.143. The fourth-order valence-corrected chi connectivity index (χ4v) is 5.49. The average Bonchev–Trinajstić information content (AvgIpc) is 2.92. The number of benzene rings is 2. The molecule has 2 heterocycles. The van der Waals surface area contributed by atoms with Crippen LogP contribution in [-0.2, 0) is 11.2 Å². The molecule has 1 aliphatic rings. The Balaban J connectivity index is 1.40. The molecule has 36 heavy (non-hydrogen) atoms. The van der Waals surface area contributed by atoms with Crippen LogP contribution in [0.2, 0.25) is 5.02 Å². The summed E-state index contributed by atoms with van der Waals surface area (Å²) in [5, 5.41) is 10.3. The number of nitrogens with one attached hydrogen (secondary N) is 1. The lowest BCUT2D eigenvalue weighted by Gasteiger charge is -2.40. The Hall–Kier alpha value is -2.74. The highest BCUT2D eigenvalue weighted by molar-refractivity contribution is 6.32. The second-order valence-corrected chi connectivity index (χ2v) is 9.97. The van der Waals surface area contributed by atoms with Crippen molar-refractivity contribution in [2.45, 2.75) is 44.7 Å². The van der Waals surface area contributed by atoms with Gasteiger partial charge in [-0.3, -0.25) is 15.0 Å². The second kappa shape index (κ2) is 12.0. The topological polar surface area (TPSA) is 74.7 Å². The van der Waals surface area contributed by atoms with Gasteiger partial charge in [0.1, 0.15) is 11.9 Å². The number of hydroxylamine groups is 1. The van der Waals surface area contributed by atoms with Gasteiger partial charge in [-0.2, -0.15) is 0 Å². The van der Waals surface area contributed by atoms with Gasteiger partial charge < -0.3 is 9.64 Å².